The summed E-state index contributed by atoms with van der Waals surface area (Å²) in [5, 5.41) is 4.19. The van der Waals surface area contributed by atoms with Gasteiger partial charge < -0.3 is 14.6 Å². The van der Waals surface area contributed by atoms with Gasteiger partial charge in [0.05, 0.1) is 7.11 Å². The molecule has 118 valence electrons. The molecule has 0 fully saturated rings. The van der Waals surface area contributed by atoms with Crippen LogP contribution in [0.1, 0.15) is 16.1 Å². The monoisotopic (exact) mass is 308 g/mol. The summed E-state index contributed by atoms with van der Waals surface area (Å²) in [6.07, 6.45) is 0. The number of hydrogen-bond acceptors (Lipinski definition) is 2. The third-order valence-corrected chi connectivity index (χ3v) is 3.97. The third-order valence-electron chi connectivity index (χ3n) is 3.97. The van der Waals surface area contributed by atoms with Gasteiger partial charge in [-0.05, 0) is 42.6 Å². The van der Waals surface area contributed by atoms with E-state index >= 15 is 0 Å². The molecule has 0 unspecified atom stereocenters. The lowest BCUT2D eigenvalue weighted by Gasteiger charge is -2.10. The number of methoxy groups -OCH3 is 1. The Labute approximate surface area is 135 Å². The van der Waals surface area contributed by atoms with Crippen molar-refractivity contribution in [1.29, 1.82) is 0 Å². The van der Waals surface area contributed by atoms with Crippen LogP contribution in [0.4, 0.5) is 0 Å². The second kappa shape index (κ2) is 6.57. The van der Waals surface area contributed by atoms with Crippen LogP contribution in [-0.2, 0) is 6.54 Å². The van der Waals surface area contributed by atoms with Crippen LogP contribution in [0, 0.1) is 6.92 Å². The van der Waals surface area contributed by atoms with Crippen molar-refractivity contribution < 1.29 is 9.53 Å². The first kappa shape index (κ1) is 15.2. The van der Waals surface area contributed by atoms with E-state index in [0.29, 0.717) is 17.9 Å². The minimum atomic E-state index is -0.0852. The number of ether oxygens (including phenoxy) is 1. The summed E-state index contributed by atoms with van der Waals surface area (Å²) in [6, 6.07) is 17.6. The first-order valence-corrected chi connectivity index (χ1v) is 7.66. The highest BCUT2D eigenvalue weighted by Gasteiger charge is 2.08. The SMILES string of the molecule is COc1cccc(C(=O)NCCn2c(C)cc3ccccc32)c1. The highest BCUT2D eigenvalue weighted by Crippen LogP contribution is 2.18. The molecule has 0 aliphatic heterocycles. The predicted molar refractivity (Wildman–Crippen MR) is 92.0 cm³/mol. The van der Waals surface area contributed by atoms with E-state index in [9.17, 15) is 4.79 Å². The number of nitrogens with zero attached hydrogens (tertiary/aromatic N) is 1. The third kappa shape index (κ3) is 3.21. The summed E-state index contributed by atoms with van der Waals surface area (Å²) in [5.41, 5.74) is 3.00. The van der Waals surface area contributed by atoms with Gasteiger partial charge in [-0.15, -0.1) is 0 Å². The molecule has 0 spiro atoms. The topological polar surface area (TPSA) is 43.3 Å². The largest absolute Gasteiger partial charge is 0.497 e. The van der Waals surface area contributed by atoms with Crippen molar-refractivity contribution in [2.24, 2.45) is 0 Å². The predicted octanol–water partition coefficient (Wildman–Crippen LogP) is 3.39. The molecule has 4 nitrogen and oxygen atoms in total. The van der Waals surface area contributed by atoms with E-state index in [4.69, 9.17) is 4.74 Å². The maximum atomic E-state index is 12.2. The Balaban J connectivity index is 1.66. The summed E-state index contributed by atoms with van der Waals surface area (Å²) >= 11 is 0. The number of rotatable bonds is 5. The normalized spacial score (nSPS) is 10.7. The number of amides is 1. The van der Waals surface area contributed by atoms with Gasteiger partial charge in [-0.1, -0.05) is 24.3 Å². The van der Waals surface area contributed by atoms with Crippen LogP contribution in [0.25, 0.3) is 10.9 Å². The number of fused-ring (bicyclic) bond motifs is 1. The van der Waals surface area contributed by atoms with Crippen molar-refractivity contribution in [3.05, 3.63) is 65.9 Å². The minimum Gasteiger partial charge on any atom is -0.497 e. The highest BCUT2D eigenvalue weighted by atomic mass is 16.5. The quantitative estimate of drug-likeness (QED) is 0.785. The lowest BCUT2D eigenvalue weighted by Crippen LogP contribution is -2.27. The van der Waals surface area contributed by atoms with Gasteiger partial charge in [0.25, 0.3) is 5.91 Å². The second-order valence-corrected chi connectivity index (χ2v) is 5.48. The Bertz CT molecular complexity index is 836. The molecule has 4 heteroatoms. The number of benzene rings is 2. The van der Waals surface area contributed by atoms with Gasteiger partial charge in [0, 0.05) is 29.9 Å². The zero-order valence-corrected chi connectivity index (χ0v) is 13.4. The summed E-state index contributed by atoms with van der Waals surface area (Å²) in [7, 11) is 1.59. The molecule has 2 aromatic carbocycles. The van der Waals surface area contributed by atoms with Crippen molar-refractivity contribution in [2.45, 2.75) is 13.5 Å². The van der Waals surface area contributed by atoms with Crippen LogP contribution in [-0.4, -0.2) is 24.1 Å². The fourth-order valence-corrected chi connectivity index (χ4v) is 2.79. The fraction of sp³-hybridized carbons (Fsp3) is 0.211. The minimum absolute atomic E-state index is 0.0852. The average Bonchev–Trinajstić information content (AvgIpc) is 2.90. The number of nitrogens with one attached hydrogen (secondary N) is 1. The fourth-order valence-electron chi connectivity index (χ4n) is 2.79. The number of aryl methyl sites for hydroxylation is 1. The van der Waals surface area contributed by atoms with Gasteiger partial charge in [0.1, 0.15) is 5.75 Å². The van der Waals surface area contributed by atoms with E-state index in [2.05, 4.69) is 35.0 Å². The van der Waals surface area contributed by atoms with Gasteiger partial charge in [-0.3, -0.25) is 4.79 Å². The number of aromatic nitrogens is 1. The maximum absolute atomic E-state index is 12.2. The Hall–Kier alpha value is -2.75. The van der Waals surface area contributed by atoms with Crippen LogP contribution >= 0.6 is 0 Å². The lowest BCUT2D eigenvalue weighted by atomic mass is 10.2. The molecule has 0 aliphatic carbocycles. The molecule has 1 N–H and O–H groups in total. The summed E-state index contributed by atoms with van der Waals surface area (Å²) in [5.74, 6) is 0.600. The lowest BCUT2D eigenvalue weighted by molar-refractivity contribution is 0.0952. The van der Waals surface area contributed by atoms with E-state index in [1.807, 2.05) is 24.3 Å². The number of hydrogen-bond donors (Lipinski definition) is 1. The first-order chi connectivity index (χ1) is 11.2. The maximum Gasteiger partial charge on any atom is 0.251 e. The molecule has 3 aromatic rings. The van der Waals surface area contributed by atoms with Gasteiger partial charge >= 0.3 is 0 Å². The molecule has 1 heterocycles. The Morgan fingerprint density at radius 2 is 1.96 bits per heavy atom. The van der Waals surface area contributed by atoms with E-state index in [1.165, 1.54) is 16.6 Å². The molecule has 1 aromatic heterocycles. The van der Waals surface area contributed by atoms with E-state index in [0.717, 1.165) is 6.54 Å². The molecular formula is C19H20N2O2. The second-order valence-electron chi connectivity index (χ2n) is 5.48. The highest BCUT2D eigenvalue weighted by molar-refractivity contribution is 5.94. The molecule has 0 bridgehead atoms. The Morgan fingerprint density at radius 1 is 1.13 bits per heavy atom. The van der Waals surface area contributed by atoms with Crippen LogP contribution < -0.4 is 10.1 Å². The first-order valence-electron chi connectivity index (χ1n) is 7.66. The number of carbonyl (C=O) groups is 1. The summed E-state index contributed by atoms with van der Waals surface area (Å²) in [6.45, 7) is 3.41. The molecule has 23 heavy (non-hydrogen) atoms. The molecule has 1 amide bonds. The molecule has 0 saturated heterocycles. The molecule has 0 aliphatic rings. The summed E-state index contributed by atoms with van der Waals surface area (Å²) < 4.78 is 7.37. The van der Waals surface area contributed by atoms with Gasteiger partial charge in [-0.2, -0.15) is 0 Å². The Kier molecular flexibility index (Phi) is 4.33. The van der Waals surface area contributed by atoms with Crippen molar-refractivity contribution in [1.82, 2.24) is 9.88 Å². The zero-order chi connectivity index (χ0) is 16.2. The smallest absolute Gasteiger partial charge is 0.251 e. The standard InChI is InChI=1S/C19H20N2O2/c1-14-12-15-6-3-4-9-18(15)21(14)11-10-20-19(22)16-7-5-8-17(13-16)23-2/h3-9,12-13H,10-11H2,1-2H3,(H,20,22). The Morgan fingerprint density at radius 3 is 2.78 bits per heavy atom. The van der Waals surface area contributed by atoms with Gasteiger partial charge in [-0.25, -0.2) is 0 Å². The summed E-state index contributed by atoms with van der Waals surface area (Å²) in [4.78, 5) is 12.2. The van der Waals surface area contributed by atoms with Crippen molar-refractivity contribution >= 4 is 16.8 Å². The van der Waals surface area contributed by atoms with Crippen LogP contribution in [0.15, 0.2) is 54.6 Å². The van der Waals surface area contributed by atoms with E-state index < -0.39 is 0 Å². The van der Waals surface area contributed by atoms with Crippen LogP contribution in [0.2, 0.25) is 0 Å². The van der Waals surface area contributed by atoms with Gasteiger partial charge in [0.2, 0.25) is 0 Å². The number of para-hydroxylation sites is 1. The molecular weight excluding hydrogens is 288 g/mol. The molecule has 3 rings (SSSR count). The molecule has 0 saturated carbocycles. The average molecular weight is 308 g/mol. The molecule has 0 atom stereocenters. The number of carbonyl (C=O) groups excluding carboxylic acids is 1. The van der Waals surface area contributed by atoms with Crippen molar-refractivity contribution in [2.75, 3.05) is 13.7 Å². The van der Waals surface area contributed by atoms with Crippen LogP contribution in [0.3, 0.4) is 0 Å². The van der Waals surface area contributed by atoms with Gasteiger partial charge in [0.15, 0.2) is 0 Å². The van der Waals surface area contributed by atoms with Crippen molar-refractivity contribution in [3.8, 4) is 5.75 Å². The zero-order valence-electron chi connectivity index (χ0n) is 13.4. The van der Waals surface area contributed by atoms with Crippen molar-refractivity contribution in [3.63, 3.8) is 0 Å². The van der Waals surface area contributed by atoms with Crippen LogP contribution in [0.5, 0.6) is 5.75 Å². The van der Waals surface area contributed by atoms with E-state index in [1.54, 1.807) is 19.2 Å². The molecule has 0 radical (unpaired) electrons. The van der Waals surface area contributed by atoms with E-state index in [-0.39, 0.29) is 5.91 Å².